The summed E-state index contributed by atoms with van der Waals surface area (Å²) in [6, 6.07) is 10.3. The van der Waals surface area contributed by atoms with E-state index in [0.717, 1.165) is 19.5 Å². The second kappa shape index (κ2) is 6.01. The zero-order chi connectivity index (χ0) is 13.0. The molecule has 0 N–H and O–H groups in total. The standard InChI is InChI=1S/C15H21NO2/c1-3-18-15(17)14-11-16(2)10-9-13(14)12-7-5-4-6-8-12/h4-8,13-14H,3,9-11H2,1-2H3/t13?,14-/m1/s1. The van der Waals surface area contributed by atoms with Crippen LogP contribution in [0.15, 0.2) is 30.3 Å². The molecule has 0 spiro atoms. The van der Waals surface area contributed by atoms with Gasteiger partial charge in [0.2, 0.25) is 0 Å². The molecule has 1 aliphatic rings. The molecule has 3 nitrogen and oxygen atoms in total. The Morgan fingerprint density at radius 3 is 2.78 bits per heavy atom. The zero-order valence-electron chi connectivity index (χ0n) is 11.1. The third kappa shape index (κ3) is 2.91. The molecule has 1 unspecified atom stereocenters. The number of piperidine rings is 1. The molecule has 0 aromatic heterocycles. The molecule has 18 heavy (non-hydrogen) atoms. The summed E-state index contributed by atoms with van der Waals surface area (Å²) in [6.45, 7) is 4.15. The largest absolute Gasteiger partial charge is 0.466 e. The van der Waals surface area contributed by atoms with Crippen LogP contribution in [0.4, 0.5) is 0 Å². The van der Waals surface area contributed by atoms with Crippen LogP contribution < -0.4 is 0 Å². The number of benzene rings is 1. The normalized spacial score (nSPS) is 24.8. The highest BCUT2D eigenvalue weighted by molar-refractivity contribution is 5.74. The van der Waals surface area contributed by atoms with Gasteiger partial charge < -0.3 is 9.64 Å². The maximum atomic E-state index is 12.1. The summed E-state index contributed by atoms with van der Waals surface area (Å²) in [5, 5.41) is 0. The molecule has 2 atom stereocenters. The Labute approximate surface area is 109 Å². The molecule has 2 rings (SSSR count). The van der Waals surface area contributed by atoms with E-state index >= 15 is 0 Å². The van der Waals surface area contributed by atoms with Gasteiger partial charge in [-0.05, 0) is 38.4 Å². The van der Waals surface area contributed by atoms with Crippen molar-refractivity contribution in [1.29, 1.82) is 0 Å². The lowest BCUT2D eigenvalue weighted by Gasteiger charge is -2.35. The van der Waals surface area contributed by atoms with Crippen LogP contribution in [0, 0.1) is 5.92 Å². The van der Waals surface area contributed by atoms with Crippen molar-refractivity contribution in [3.63, 3.8) is 0 Å². The fourth-order valence-corrected chi connectivity index (χ4v) is 2.70. The van der Waals surface area contributed by atoms with Gasteiger partial charge in [0, 0.05) is 6.54 Å². The molecule has 1 aliphatic heterocycles. The molecule has 98 valence electrons. The molecule has 3 heteroatoms. The number of likely N-dealkylation sites (tertiary alicyclic amines) is 1. The van der Waals surface area contributed by atoms with Gasteiger partial charge >= 0.3 is 5.97 Å². The monoisotopic (exact) mass is 247 g/mol. The predicted molar refractivity (Wildman–Crippen MR) is 71.4 cm³/mol. The Bertz CT molecular complexity index is 391. The average molecular weight is 247 g/mol. The minimum Gasteiger partial charge on any atom is -0.466 e. The SMILES string of the molecule is CCOC(=O)[C@@H]1CN(C)CCC1c1ccccc1. The van der Waals surface area contributed by atoms with Gasteiger partial charge in [-0.25, -0.2) is 0 Å². The Morgan fingerprint density at radius 1 is 1.39 bits per heavy atom. The van der Waals surface area contributed by atoms with Gasteiger partial charge in [-0.2, -0.15) is 0 Å². The maximum absolute atomic E-state index is 12.1. The van der Waals surface area contributed by atoms with Crippen molar-refractivity contribution in [2.45, 2.75) is 19.3 Å². The van der Waals surface area contributed by atoms with Crippen molar-refractivity contribution in [2.75, 3.05) is 26.7 Å². The van der Waals surface area contributed by atoms with E-state index in [1.165, 1.54) is 5.56 Å². The smallest absolute Gasteiger partial charge is 0.310 e. The van der Waals surface area contributed by atoms with Crippen LogP contribution in [-0.2, 0) is 9.53 Å². The Morgan fingerprint density at radius 2 is 2.11 bits per heavy atom. The fraction of sp³-hybridized carbons (Fsp3) is 0.533. The molecule has 0 aliphatic carbocycles. The van der Waals surface area contributed by atoms with Crippen molar-refractivity contribution >= 4 is 5.97 Å². The molecule has 1 aromatic carbocycles. The first-order valence-electron chi connectivity index (χ1n) is 6.62. The van der Waals surface area contributed by atoms with Crippen molar-refractivity contribution in [3.05, 3.63) is 35.9 Å². The van der Waals surface area contributed by atoms with Gasteiger partial charge in [0.05, 0.1) is 12.5 Å². The van der Waals surface area contributed by atoms with Crippen LogP contribution in [0.25, 0.3) is 0 Å². The lowest BCUT2D eigenvalue weighted by atomic mass is 9.80. The van der Waals surface area contributed by atoms with Crippen LogP contribution in [-0.4, -0.2) is 37.6 Å². The van der Waals surface area contributed by atoms with Gasteiger partial charge in [0.15, 0.2) is 0 Å². The number of rotatable bonds is 3. The molecule has 0 amide bonds. The van der Waals surface area contributed by atoms with E-state index in [-0.39, 0.29) is 11.9 Å². The minimum atomic E-state index is -0.0575. The Kier molecular flexibility index (Phi) is 4.37. The highest BCUT2D eigenvalue weighted by Gasteiger charge is 2.34. The molecular weight excluding hydrogens is 226 g/mol. The Hall–Kier alpha value is -1.35. The van der Waals surface area contributed by atoms with Crippen molar-refractivity contribution in [3.8, 4) is 0 Å². The highest BCUT2D eigenvalue weighted by atomic mass is 16.5. The van der Waals surface area contributed by atoms with E-state index in [1.807, 2.05) is 25.1 Å². The number of hydrogen-bond acceptors (Lipinski definition) is 3. The minimum absolute atomic E-state index is 0.0360. The van der Waals surface area contributed by atoms with Gasteiger partial charge in [-0.1, -0.05) is 30.3 Å². The molecule has 1 aromatic rings. The second-order valence-electron chi connectivity index (χ2n) is 4.93. The molecule has 1 saturated heterocycles. The van der Waals surface area contributed by atoms with E-state index in [1.54, 1.807) is 0 Å². The van der Waals surface area contributed by atoms with Gasteiger partial charge in [-0.15, -0.1) is 0 Å². The van der Waals surface area contributed by atoms with Gasteiger partial charge in [-0.3, -0.25) is 4.79 Å². The first kappa shape index (κ1) is 13.1. The number of nitrogens with zero attached hydrogens (tertiary/aromatic N) is 1. The summed E-state index contributed by atoms with van der Waals surface area (Å²) in [5.74, 6) is 0.199. The summed E-state index contributed by atoms with van der Waals surface area (Å²) in [6.07, 6.45) is 1.02. The summed E-state index contributed by atoms with van der Waals surface area (Å²) in [5.41, 5.74) is 1.25. The van der Waals surface area contributed by atoms with Crippen LogP contribution >= 0.6 is 0 Å². The molecule has 0 radical (unpaired) electrons. The van der Waals surface area contributed by atoms with Crippen LogP contribution in [0.5, 0.6) is 0 Å². The van der Waals surface area contributed by atoms with Crippen molar-refractivity contribution < 1.29 is 9.53 Å². The number of carbonyl (C=O) groups is 1. The lowest BCUT2D eigenvalue weighted by Crippen LogP contribution is -2.41. The van der Waals surface area contributed by atoms with Crippen molar-refractivity contribution in [1.82, 2.24) is 4.90 Å². The second-order valence-corrected chi connectivity index (χ2v) is 4.93. The zero-order valence-corrected chi connectivity index (χ0v) is 11.1. The van der Waals surface area contributed by atoms with Gasteiger partial charge in [0.1, 0.15) is 0 Å². The quantitative estimate of drug-likeness (QED) is 0.767. The van der Waals surface area contributed by atoms with E-state index in [0.29, 0.717) is 12.5 Å². The summed E-state index contributed by atoms with van der Waals surface area (Å²) < 4.78 is 5.22. The molecular formula is C15H21NO2. The number of esters is 1. The summed E-state index contributed by atoms with van der Waals surface area (Å²) in [7, 11) is 2.06. The van der Waals surface area contributed by atoms with Crippen molar-refractivity contribution in [2.24, 2.45) is 5.92 Å². The first-order valence-corrected chi connectivity index (χ1v) is 6.62. The Balaban J connectivity index is 2.18. The van der Waals surface area contributed by atoms with E-state index in [4.69, 9.17) is 4.74 Å². The van der Waals surface area contributed by atoms with Crippen LogP contribution in [0.3, 0.4) is 0 Å². The van der Waals surface area contributed by atoms with E-state index in [9.17, 15) is 4.79 Å². The third-order valence-electron chi connectivity index (χ3n) is 3.63. The summed E-state index contributed by atoms with van der Waals surface area (Å²) >= 11 is 0. The van der Waals surface area contributed by atoms with Crippen LogP contribution in [0.1, 0.15) is 24.8 Å². The molecule has 0 saturated carbocycles. The molecule has 0 bridgehead atoms. The van der Waals surface area contributed by atoms with E-state index < -0.39 is 0 Å². The lowest BCUT2D eigenvalue weighted by molar-refractivity contribution is -0.150. The highest BCUT2D eigenvalue weighted by Crippen LogP contribution is 2.33. The number of hydrogen-bond donors (Lipinski definition) is 0. The molecule has 1 heterocycles. The number of carbonyl (C=O) groups excluding carboxylic acids is 1. The fourth-order valence-electron chi connectivity index (χ4n) is 2.70. The first-order chi connectivity index (χ1) is 8.72. The topological polar surface area (TPSA) is 29.5 Å². The van der Waals surface area contributed by atoms with E-state index in [2.05, 4.69) is 24.1 Å². The van der Waals surface area contributed by atoms with Gasteiger partial charge in [0.25, 0.3) is 0 Å². The predicted octanol–water partition coefficient (Wildman–Crippen LogP) is 2.29. The maximum Gasteiger partial charge on any atom is 0.310 e. The third-order valence-corrected chi connectivity index (χ3v) is 3.63. The van der Waals surface area contributed by atoms with Crippen LogP contribution in [0.2, 0.25) is 0 Å². The molecule has 1 fully saturated rings. The average Bonchev–Trinajstić information content (AvgIpc) is 2.40. The number of ether oxygens (including phenoxy) is 1. The summed E-state index contributed by atoms with van der Waals surface area (Å²) in [4.78, 5) is 14.3.